The van der Waals surface area contributed by atoms with Crippen molar-refractivity contribution in [3.63, 3.8) is 0 Å². The summed E-state index contributed by atoms with van der Waals surface area (Å²) >= 11 is 0. The van der Waals surface area contributed by atoms with Gasteiger partial charge in [0.15, 0.2) is 0 Å². The average Bonchev–Trinajstić information content (AvgIpc) is 2.66. The van der Waals surface area contributed by atoms with Crippen LogP contribution in [0.4, 0.5) is 5.69 Å². The second kappa shape index (κ2) is 5.56. The summed E-state index contributed by atoms with van der Waals surface area (Å²) in [6.45, 7) is 6.57. The molecule has 3 atom stereocenters. The van der Waals surface area contributed by atoms with Crippen LogP contribution >= 0.6 is 0 Å². The van der Waals surface area contributed by atoms with Crippen LogP contribution in [0.2, 0.25) is 0 Å². The van der Waals surface area contributed by atoms with Gasteiger partial charge in [0.25, 0.3) is 0 Å². The molecule has 27 heavy (non-hydrogen) atoms. The molecule has 0 spiro atoms. The van der Waals surface area contributed by atoms with Crippen LogP contribution in [-0.4, -0.2) is 61.9 Å². The fraction of sp³-hybridized carbons (Fsp3) is 0.571. The maximum atomic E-state index is 14.0. The Kier molecular flexibility index (Phi) is 3.70. The molecular formula is C21H26N4O2. The number of likely N-dealkylation sites (N-methyl/N-ethyl adjacent to an activating group) is 1. The first-order chi connectivity index (χ1) is 12.7. The Hall–Kier alpha value is -2.39. The van der Waals surface area contributed by atoms with E-state index in [1.54, 1.807) is 11.9 Å². The van der Waals surface area contributed by atoms with Crippen molar-refractivity contribution in [1.29, 1.82) is 5.26 Å². The van der Waals surface area contributed by atoms with Gasteiger partial charge in [0.1, 0.15) is 5.41 Å². The molecule has 6 nitrogen and oxygen atoms in total. The van der Waals surface area contributed by atoms with E-state index >= 15 is 0 Å². The zero-order chi connectivity index (χ0) is 19.6. The minimum Gasteiger partial charge on any atom is -0.339 e. The smallest absolute Gasteiger partial charge is 0.236 e. The van der Waals surface area contributed by atoms with Crippen LogP contribution in [-0.2, 0) is 15.0 Å². The Morgan fingerprint density at radius 3 is 2.37 bits per heavy atom. The first-order valence-electron chi connectivity index (χ1n) is 9.50. The number of benzene rings is 1. The van der Waals surface area contributed by atoms with Gasteiger partial charge in [-0.2, -0.15) is 5.26 Å². The molecule has 2 heterocycles. The average molecular weight is 366 g/mol. The number of hydrogen-bond donors (Lipinski definition) is 0. The molecule has 0 aromatic heterocycles. The van der Waals surface area contributed by atoms with Crippen molar-refractivity contribution in [2.24, 2.45) is 10.8 Å². The van der Waals surface area contributed by atoms with Crippen molar-refractivity contribution in [1.82, 2.24) is 9.80 Å². The highest BCUT2D eigenvalue weighted by molar-refractivity contribution is 6.11. The Balaban J connectivity index is 1.95. The van der Waals surface area contributed by atoms with Gasteiger partial charge in [-0.1, -0.05) is 18.2 Å². The predicted octanol–water partition coefficient (Wildman–Crippen LogP) is 1.61. The van der Waals surface area contributed by atoms with Gasteiger partial charge in [0.05, 0.1) is 16.9 Å². The summed E-state index contributed by atoms with van der Waals surface area (Å²) in [4.78, 5) is 33.1. The third kappa shape index (κ3) is 1.93. The van der Waals surface area contributed by atoms with Crippen LogP contribution in [0.3, 0.4) is 0 Å². The van der Waals surface area contributed by atoms with Crippen LogP contribution in [0.25, 0.3) is 0 Å². The largest absolute Gasteiger partial charge is 0.339 e. The molecular weight excluding hydrogens is 340 g/mol. The Labute approximate surface area is 160 Å². The molecule has 2 amide bonds. The molecule has 0 unspecified atom stereocenters. The predicted molar refractivity (Wildman–Crippen MR) is 102 cm³/mol. The monoisotopic (exact) mass is 366 g/mol. The lowest BCUT2D eigenvalue weighted by molar-refractivity contribution is -0.181. The van der Waals surface area contributed by atoms with Gasteiger partial charge < -0.3 is 14.7 Å². The van der Waals surface area contributed by atoms with Crippen molar-refractivity contribution >= 4 is 17.5 Å². The highest BCUT2D eigenvalue weighted by Gasteiger charge is 2.80. The summed E-state index contributed by atoms with van der Waals surface area (Å²) in [5.74, 6) is -0.140. The molecule has 2 aliphatic heterocycles. The molecule has 2 fully saturated rings. The maximum Gasteiger partial charge on any atom is 0.236 e. The third-order valence-electron chi connectivity index (χ3n) is 7.17. The topological polar surface area (TPSA) is 67.7 Å². The maximum absolute atomic E-state index is 14.0. The minimum absolute atomic E-state index is 0.0673. The van der Waals surface area contributed by atoms with Gasteiger partial charge in [0, 0.05) is 38.9 Å². The normalized spacial score (nSPS) is 35.7. The number of para-hydroxylation sites is 1. The van der Waals surface area contributed by atoms with Crippen LogP contribution < -0.4 is 4.90 Å². The molecule has 0 bridgehead atoms. The molecule has 0 N–H and O–H groups in total. The van der Waals surface area contributed by atoms with E-state index < -0.39 is 16.2 Å². The van der Waals surface area contributed by atoms with Gasteiger partial charge in [-0.05, 0) is 38.9 Å². The van der Waals surface area contributed by atoms with Crippen LogP contribution in [0.5, 0.6) is 0 Å². The highest BCUT2D eigenvalue weighted by Crippen LogP contribution is 2.72. The second-order valence-electron chi connectivity index (χ2n) is 8.68. The fourth-order valence-corrected chi connectivity index (χ4v) is 5.83. The number of fused-ring (bicyclic) bond motifs is 3. The van der Waals surface area contributed by atoms with E-state index in [2.05, 4.69) is 11.0 Å². The second-order valence-corrected chi connectivity index (χ2v) is 8.68. The van der Waals surface area contributed by atoms with Crippen molar-refractivity contribution < 1.29 is 9.59 Å². The highest BCUT2D eigenvalue weighted by atomic mass is 16.2. The molecule has 0 radical (unpaired) electrons. The van der Waals surface area contributed by atoms with Crippen LogP contribution in [0.1, 0.15) is 25.8 Å². The lowest BCUT2D eigenvalue weighted by Gasteiger charge is -2.68. The number of rotatable bonds is 1. The van der Waals surface area contributed by atoms with E-state index in [1.807, 2.05) is 50.1 Å². The van der Waals surface area contributed by atoms with E-state index in [9.17, 15) is 14.9 Å². The number of carbonyl (C=O) groups excluding carboxylic acids is 2. The number of hydrogen-bond acceptors (Lipinski definition) is 4. The van der Waals surface area contributed by atoms with Crippen molar-refractivity contribution in [3.8, 4) is 6.07 Å². The van der Waals surface area contributed by atoms with Gasteiger partial charge in [-0.3, -0.25) is 9.59 Å². The standard InChI is InChI=1S/C21H26N4O2/c1-19(14-22)13-20(2)17(26)24(4)16-8-6-5-7-15(16)21(19,20)18(27)25-11-9-23(3)10-12-25/h5-8H,9-13H2,1-4H3/t19-,20+,21-/m0/s1. The van der Waals surface area contributed by atoms with E-state index in [-0.39, 0.29) is 11.8 Å². The summed E-state index contributed by atoms with van der Waals surface area (Å²) in [7, 11) is 3.81. The molecule has 1 aromatic carbocycles. The van der Waals surface area contributed by atoms with Crippen molar-refractivity contribution in [3.05, 3.63) is 29.8 Å². The molecule has 142 valence electrons. The van der Waals surface area contributed by atoms with Gasteiger partial charge in [-0.25, -0.2) is 0 Å². The van der Waals surface area contributed by atoms with Crippen LogP contribution in [0, 0.1) is 22.2 Å². The van der Waals surface area contributed by atoms with E-state index in [0.29, 0.717) is 19.5 Å². The summed E-state index contributed by atoms with van der Waals surface area (Å²) in [5.41, 5.74) is -1.39. The van der Waals surface area contributed by atoms with E-state index in [1.165, 1.54) is 0 Å². The van der Waals surface area contributed by atoms with Gasteiger partial charge in [-0.15, -0.1) is 0 Å². The molecule has 1 saturated carbocycles. The first kappa shape index (κ1) is 18.0. The number of anilines is 1. The number of carbonyl (C=O) groups is 2. The Bertz CT molecular complexity index is 869. The number of amides is 2. The number of nitrogens with zero attached hydrogens (tertiary/aromatic N) is 4. The molecule has 3 aliphatic rings. The SMILES string of the molecule is CN1CCN(C(=O)[C@]23c4ccccc4N(C)C(=O)[C@@]2(C)C[C@@]3(C)C#N)CC1. The molecule has 1 aromatic rings. The van der Waals surface area contributed by atoms with Crippen LogP contribution in [0.15, 0.2) is 24.3 Å². The summed E-state index contributed by atoms with van der Waals surface area (Å²) < 4.78 is 0. The number of nitriles is 1. The Morgan fingerprint density at radius 1 is 1.11 bits per heavy atom. The molecule has 1 saturated heterocycles. The lowest BCUT2D eigenvalue weighted by Crippen LogP contribution is -2.78. The fourth-order valence-electron chi connectivity index (χ4n) is 5.83. The zero-order valence-corrected chi connectivity index (χ0v) is 16.5. The summed E-state index contributed by atoms with van der Waals surface area (Å²) in [6, 6.07) is 10.0. The zero-order valence-electron chi connectivity index (χ0n) is 16.5. The Morgan fingerprint density at radius 2 is 1.74 bits per heavy atom. The van der Waals surface area contributed by atoms with Crippen molar-refractivity contribution in [2.75, 3.05) is 45.2 Å². The third-order valence-corrected chi connectivity index (χ3v) is 7.17. The summed E-state index contributed by atoms with van der Waals surface area (Å²) in [5, 5.41) is 10.1. The minimum atomic E-state index is -1.13. The van der Waals surface area contributed by atoms with Gasteiger partial charge in [0.2, 0.25) is 11.8 Å². The quantitative estimate of drug-likeness (QED) is 0.757. The number of piperazine rings is 1. The summed E-state index contributed by atoms with van der Waals surface area (Å²) in [6.07, 6.45) is 0.396. The van der Waals surface area contributed by atoms with E-state index in [0.717, 1.165) is 24.3 Å². The lowest BCUT2D eigenvalue weighted by atomic mass is 9.34. The molecule has 1 aliphatic carbocycles. The van der Waals surface area contributed by atoms with E-state index in [4.69, 9.17) is 0 Å². The molecule has 4 rings (SSSR count). The molecule has 6 heteroatoms. The van der Waals surface area contributed by atoms with Gasteiger partial charge >= 0.3 is 0 Å². The first-order valence-corrected chi connectivity index (χ1v) is 9.50. The van der Waals surface area contributed by atoms with Crippen molar-refractivity contribution in [2.45, 2.75) is 25.7 Å².